The molecule has 0 bridgehead atoms. The molecule has 0 radical (unpaired) electrons. The Hall–Kier alpha value is -3.02. The number of carbonyl (C=O) groups is 2. The van der Waals surface area contributed by atoms with Crippen molar-refractivity contribution in [3.8, 4) is 5.75 Å². The molecule has 0 saturated carbocycles. The van der Waals surface area contributed by atoms with Gasteiger partial charge in [-0.2, -0.15) is 0 Å². The van der Waals surface area contributed by atoms with Gasteiger partial charge in [-0.25, -0.2) is 4.79 Å². The second-order valence-corrected chi connectivity index (χ2v) is 7.05. The topological polar surface area (TPSA) is 61.9 Å². The van der Waals surface area contributed by atoms with Crippen LogP contribution in [-0.2, 0) is 11.2 Å². The molecule has 6 heteroatoms. The lowest BCUT2D eigenvalue weighted by molar-refractivity contribution is -0.122. The Kier molecular flexibility index (Phi) is 6.53. The summed E-state index contributed by atoms with van der Waals surface area (Å²) in [6, 6.07) is 17.5. The minimum absolute atomic E-state index is 0.0584. The van der Waals surface area contributed by atoms with Gasteiger partial charge in [-0.05, 0) is 49.6 Å². The number of rotatable bonds is 8. The van der Waals surface area contributed by atoms with Crippen molar-refractivity contribution < 1.29 is 14.3 Å². The second-order valence-electron chi connectivity index (χ2n) is 7.05. The van der Waals surface area contributed by atoms with Crippen LogP contribution in [0.2, 0.25) is 0 Å². The molecular weight excluding hydrogens is 354 g/mol. The fourth-order valence-electron chi connectivity index (χ4n) is 3.32. The van der Waals surface area contributed by atoms with Crippen molar-refractivity contribution in [2.75, 3.05) is 31.6 Å². The van der Waals surface area contributed by atoms with E-state index >= 15 is 0 Å². The SMILES string of the molecule is COc1ccc(N2CCN(CC(=O)NC(C)CCc3ccccc3)C2=O)cc1. The summed E-state index contributed by atoms with van der Waals surface area (Å²) in [5.74, 6) is 0.626. The molecule has 1 fully saturated rings. The van der Waals surface area contributed by atoms with Gasteiger partial charge in [0.2, 0.25) is 5.91 Å². The van der Waals surface area contributed by atoms with Crippen LogP contribution in [0.1, 0.15) is 18.9 Å². The summed E-state index contributed by atoms with van der Waals surface area (Å²) in [4.78, 5) is 28.3. The van der Waals surface area contributed by atoms with E-state index in [4.69, 9.17) is 4.74 Å². The van der Waals surface area contributed by atoms with Crippen molar-refractivity contribution in [3.63, 3.8) is 0 Å². The summed E-state index contributed by atoms with van der Waals surface area (Å²) < 4.78 is 5.15. The quantitative estimate of drug-likeness (QED) is 0.764. The van der Waals surface area contributed by atoms with Gasteiger partial charge in [0.1, 0.15) is 12.3 Å². The minimum Gasteiger partial charge on any atom is -0.497 e. The molecule has 1 saturated heterocycles. The first-order valence-electron chi connectivity index (χ1n) is 9.60. The maximum atomic E-state index is 12.6. The number of anilines is 1. The van der Waals surface area contributed by atoms with Gasteiger partial charge in [-0.3, -0.25) is 9.69 Å². The van der Waals surface area contributed by atoms with Gasteiger partial charge in [0.05, 0.1) is 7.11 Å². The van der Waals surface area contributed by atoms with Gasteiger partial charge in [0.25, 0.3) is 0 Å². The summed E-state index contributed by atoms with van der Waals surface area (Å²) in [7, 11) is 1.61. The standard InChI is InChI=1S/C22H27N3O3/c1-17(8-9-18-6-4-3-5-7-18)23-21(26)16-24-14-15-25(22(24)27)19-10-12-20(28-2)13-11-19/h3-7,10-13,17H,8-9,14-16H2,1-2H3,(H,23,26). The van der Waals surface area contributed by atoms with E-state index in [2.05, 4.69) is 17.4 Å². The first kappa shape index (κ1) is 19.7. The number of carbonyl (C=O) groups excluding carboxylic acids is 2. The zero-order chi connectivity index (χ0) is 19.9. The third kappa shape index (κ3) is 5.03. The average molecular weight is 381 g/mol. The average Bonchev–Trinajstić information content (AvgIpc) is 3.07. The lowest BCUT2D eigenvalue weighted by Crippen LogP contribution is -2.42. The molecule has 1 unspecified atom stereocenters. The molecule has 0 spiro atoms. The monoisotopic (exact) mass is 381 g/mol. The molecule has 1 heterocycles. The van der Waals surface area contributed by atoms with E-state index in [1.54, 1.807) is 16.9 Å². The number of nitrogens with zero attached hydrogens (tertiary/aromatic N) is 2. The van der Waals surface area contributed by atoms with Crippen molar-refractivity contribution >= 4 is 17.6 Å². The smallest absolute Gasteiger partial charge is 0.325 e. The van der Waals surface area contributed by atoms with E-state index in [0.29, 0.717) is 13.1 Å². The van der Waals surface area contributed by atoms with Gasteiger partial charge in [0, 0.05) is 24.8 Å². The highest BCUT2D eigenvalue weighted by Crippen LogP contribution is 2.23. The molecule has 28 heavy (non-hydrogen) atoms. The van der Waals surface area contributed by atoms with Crippen LogP contribution >= 0.6 is 0 Å². The van der Waals surface area contributed by atoms with Crippen LogP contribution in [0.3, 0.4) is 0 Å². The number of methoxy groups -OCH3 is 1. The summed E-state index contributed by atoms with van der Waals surface area (Å²) in [5, 5.41) is 3.00. The molecule has 1 aliphatic heterocycles. The van der Waals surface area contributed by atoms with Gasteiger partial charge in [-0.15, -0.1) is 0 Å². The Labute approximate surface area is 166 Å². The molecule has 6 nitrogen and oxygen atoms in total. The Balaban J connectivity index is 1.46. The van der Waals surface area contributed by atoms with Crippen LogP contribution in [0.25, 0.3) is 0 Å². The van der Waals surface area contributed by atoms with E-state index in [1.807, 2.05) is 49.4 Å². The number of aryl methyl sites for hydroxylation is 1. The second kappa shape index (κ2) is 9.26. The maximum Gasteiger partial charge on any atom is 0.325 e. The van der Waals surface area contributed by atoms with Crippen LogP contribution < -0.4 is 15.0 Å². The molecule has 3 rings (SSSR count). The molecule has 148 valence electrons. The van der Waals surface area contributed by atoms with Gasteiger partial charge < -0.3 is 15.0 Å². The molecule has 1 atom stereocenters. The highest BCUT2D eigenvalue weighted by molar-refractivity contribution is 5.96. The zero-order valence-corrected chi connectivity index (χ0v) is 16.4. The Morgan fingerprint density at radius 3 is 2.50 bits per heavy atom. The lowest BCUT2D eigenvalue weighted by atomic mass is 10.1. The number of urea groups is 1. The van der Waals surface area contributed by atoms with Crippen molar-refractivity contribution in [3.05, 3.63) is 60.2 Å². The van der Waals surface area contributed by atoms with Gasteiger partial charge >= 0.3 is 6.03 Å². The Morgan fingerprint density at radius 2 is 1.82 bits per heavy atom. The highest BCUT2D eigenvalue weighted by Gasteiger charge is 2.30. The zero-order valence-electron chi connectivity index (χ0n) is 16.4. The van der Waals surface area contributed by atoms with Crippen molar-refractivity contribution in [2.45, 2.75) is 25.8 Å². The molecule has 2 aromatic rings. The number of amides is 3. The molecule has 1 aliphatic rings. The van der Waals surface area contributed by atoms with E-state index in [1.165, 1.54) is 5.56 Å². The van der Waals surface area contributed by atoms with Crippen LogP contribution in [0.5, 0.6) is 5.75 Å². The number of benzene rings is 2. The lowest BCUT2D eigenvalue weighted by Gasteiger charge is -2.20. The first-order chi connectivity index (χ1) is 13.6. The molecule has 1 N–H and O–H groups in total. The molecule has 0 aromatic heterocycles. The number of ether oxygens (including phenoxy) is 1. The van der Waals surface area contributed by atoms with E-state index in [-0.39, 0.29) is 24.5 Å². The molecule has 3 amide bonds. The van der Waals surface area contributed by atoms with Crippen LogP contribution in [0.4, 0.5) is 10.5 Å². The molecular formula is C22H27N3O3. The largest absolute Gasteiger partial charge is 0.497 e. The van der Waals surface area contributed by atoms with Gasteiger partial charge in [-0.1, -0.05) is 30.3 Å². The predicted octanol–water partition coefficient (Wildman–Crippen LogP) is 3.07. The Bertz CT molecular complexity index is 792. The maximum absolute atomic E-state index is 12.6. The third-order valence-corrected chi connectivity index (χ3v) is 4.93. The van der Waals surface area contributed by atoms with Crippen molar-refractivity contribution in [1.82, 2.24) is 10.2 Å². The van der Waals surface area contributed by atoms with E-state index in [0.717, 1.165) is 24.3 Å². The molecule has 0 aliphatic carbocycles. The number of nitrogens with one attached hydrogen (secondary N) is 1. The summed E-state index contributed by atoms with van der Waals surface area (Å²) in [5.41, 5.74) is 2.07. The van der Waals surface area contributed by atoms with E-state index < -0.39 is 0 Å². The first-order valence-corrected chi connectivity index (χ1v) is 9.60. The van der Waals surface area contributed by atoms with Gasteiger partial charge in [0.15, 0.2) is 0 Å². The van der Waals surface area contributed by atoms with Crippen molar-refractivity contribution in [1.29, 1.82) is 0 Å². The fourth-order valence-corrected chi connectivity index (χ4v) is 3.32. The predicted molar refractivity (Wildman–Crippen MR) is 110 cm³/mol. The number of hydrogen-bond acceptors (Lipinski definition) is 3. The normalized spacial score (nSPS) is 14.9. The summed E-state index contributed by atoms with van der Waals surface area (Å²) >= 11 is 0. The van der Waals surface area contributed by atoms with Crippen LogP contribution in [0, 0.1) is 0 Å². The van der Waals surface area contributed by atoms with Crippen LogP contribution in [-0.4, -0.2) is 49.6 Å². The summed E-state index contributed by atoms with van der Waals surface area (Å²) in [6.07, 6.45) is 1.78. The van der Waals surface area contributed by atoms with E-state index in [9.17, 15) is 9.59 Å². The van der Waals surface area contributed by atoms with Crippen LogP contribution in [0.15, 0.2) is 54.6 Å². The fraction of sp³-hybridized carbons (Fsp3) is 0.364. The number of hydrogen-bond donors (Lipinski definition) is 1. The van der Waals surface area contributed by atoms with Crippen molar-refractivity contribution in [2.24, 2.45) is 0 Å². The summed E-state index contributed by atoms with van der Waals surface area (Å²) in [6.45, 7) is 3.19. The minimum atomic E-state index is -0.141. The Morgan fingerprint density at radius 1 is 1.11 bits per heavy atom. The highest BCUT2D eigenvalue weighted by atomic mass is 16.5. The third-order valence-electron chi connectivity index (χ3n) is 4.93. The molecule has 2 aromatic carbocycles.